The minimum Gasteiger partial charge on any atom is -0.319 e. The highest BCUT2D eigenvalue weighted by Gasteiger charge is 2.07. The Bertz CT molecular complexity index is 521. The highest BCUT2D eigenvalue weighted by molar-refractivity contribution is 9.10. The number of hydrogen-bond acceptors (Lipinski definition) is 3. The van der Waals surface area contributed by atoms with E-state index in [1.165, 1.54) is 6.20 Å². The van der Waals surface area contributed by atoms with E-state index in [2.05, 4.69) is 31.3 Å². The van der Waals surface area contributed by atoms with Crippen LogP contribution in [-0.2, 0) is 6.54 Å². The monoisotopic (exact) mass is 294 g/mol. The molecule has 0 atom stereocenters. The largest absolute Gasteiger partial charge is 0.319 e. The molecule has 88 valence electrons. The van der Waals surface area contributed by atoms with E-state index in [1.807, 2.05) is 6.92 Å². The Balaban J connectivity index is 2.08. The van der Waals surface area contributed by atoms with E-state index in [-0.39, 0.29) is 5.91 Å². The first-order chi connectivity index (χ1) is 8.19. The Hall–Kier alpha value is -1.69. The quantitative estimate of drug-likeness (QED) is 0.884. The molecule has 1 amide bonds. The van der Waals surface area contributed by atoms with E-state index in [0.717, 1.165) is 6.54 Å². The number of rotatable bonds is 3. The van der Waals surface area contributed by atoms with Crippen LogP contribution in [0.5, 0.6) is 0 Å². The van der Waals surface area contributed by atoms with Crippen molar-refractivity contribution in [3.05, 3.63) is 40.9 Å². The summed E-state index contributed by atoms with van der Waals surface area (Å²) in [6, 6.07) is 3.43. The van der Waals surface area contributed by atoms with Crippen LogP contribution < -0.4 is 5.32 Å². The lowest BCUT2D eigenvalue weighted by Crippen LogP contribution is -2.11. The van der Waals surface area contributed by atoms with Gasteiger partial charge in [-0.25, -0.2) is 4.98 Å². The summed E-state index contributed by atoms with van der Waals surface area (Å²) in [6.07, 6.45) is 4.92. The fourth-order valence-electron chi connectivity index (χ4n) is 1.31. The summed E-state index contributed by atoms with van der Waals surface area (Å²) in [5.41, 5.74) is 1.19. The third-order valence-corrected chi connectivity index (χ3v) is 2.67. The number of aromatic nitrogens is 3. The first-order valence-corrected chi connectivity index (χ1v) is 5.93. The van der Waals surface area contributed by atoms with Crippen LogP contribution in [0.25, 0.3) is 0 Å². The number of nitrogens with zero attached hydrogens (tertiary/aromatic N) is 3. The van der Waals surface area contributed by atoms with Crippen molar-refractivity contribution in [2.24, 2.45) is 0 Å². The van der Waals surface area contributed by atoms with Crippen LogP contribution in [0.3, 0.4) is 0 Å². The van der Waals surface area contributed by atoms with E-state index in [9.17, 15) is 4.79 Å². The first-order valence-electron chi connectivity index (χ1n) is 5.14. The van der Waals surface area contributed by atoms with E-state index < -0.39 is 0 Å². The summed E-state index contributed by atoms with van der Waals surface area (Å²) in [4.78, 5) is 15.8. The summed E-state index contributed by atoms with van der Waals surface area (Å²) in [5.74, 6) is -0.194. The zero-order valence-electron chi connectivity index (χ0n) is 9.22. The van der Waals surface area contributed by atoms with Gasteiger partial charge in [0.15, 0.2) is 0 Å². The van der Waals surface area contributed by atoms with Gasteiger partial charge in [-0.15, -0.1) is 0 Å². The van der Waals surface area contributed by atoms with Gasteiger partial charge < -0.3 is 5.32 Å². The molecule has 0 radical (unpaired) electrons. The van der Waals surface area contributed by atoms with E-state index >= 15 is 0 Å². The molecule has 0 fully saturated rings. The van der Waals surface area contributed by atoms with Gasteiger partial charge >= 0.3 is 0 Å². The highest BCUT2D eigenvalue weighted by Crippen LogP contribution is 2.10. The minimum absolute atomic E-state index is 0.194. The summed E-state index contributed by atoms with van der Waals surface area (Å²) < 4.78 is 2.45. The molecular weight excluding hydrogens is 284 g/mol. The topological polar surface area (TPSA) is 59.8 Å². The zero-order chi connectivity index (χ0) is 12.3. The molecule has 0 saturated heterocycles. The second-order valence-corrected chi connectivity index (χ2v) is 4.22. The molecule has 6 heteroatoms. The highest BCUT2D eigenvalue weighted by atomic mass is 79.9. The predicted octanol–water partition coefficient (Wildman–Crippen LogP) is 2.31. The number of anilines is 1. The van der Waals surface area contributed by atoms with Gasteiger partial charge in [-0.2, -0.15) is 5.10 Å². The molecule has 0 aliphatic heterocycles. The van der Waals surface area contributed by atoms with Crippen molar-refractivity contribution in [2.75, 3.05) is 5.32 Å². The van der Waals surface area contributed by atoms with Crippen molar-refractivity contribution in [1.82, 2.24) is 14.8 Å². The molecule has 0 saturated carbocycles. The number of amides is 1. The minimum atomic E-state index is -0.194. The van der Waals surface area contributed by atoms with Crippen LogP contribution in [0.2, 0.25) is 0 Å². The third-order valence-electron chi connectivity index (χ3n) is 2.20. The molecule has 0 aromatic carbocycles. The second kappa shape index (κ2) is 5.09. The maximum absolute atomic E-state index is 11.8. The van der Waals surface area contributed by atoms with Crippen molar-refractivity contribution in [3.63, 3.8) is 0 Å². The summed E-state index contributed by atoms with van der Waals surface area (Å²) in [5, 5.41) is 6.83. The zero-order valence-corrected chi connectivity index (χ0v) is 10.8. The molecule has 0 unspecified atom stereocenters. The molecule has 2 heterocycles. The van der Waals surface area contributed by atoms with Gasteiger partial charge in [0.05, 0.1) is 17.4 Å². The number of pyridine rings is 1. The number of hydrogen-bond donors (Lipinski definition) is 1. The number of aryl methyl sites for hydroxylation is 1. The van der Waals surface area contributed by atoms with Gasteiger partial charge in [-0.05, 0) is 35.0 Å². The van der Waals surface area contributed by atoms with Crippen LogP contribution >= 0.6 is 15.9 Å². The smallest absolute Gasteiger partial charge is 0.257 e. The average Bonchev–Trinajstić information content (AvgIpc) is 2.77. The fraction of sp³-hybridized carbons (Fsp3) is 0.182. The van der Waals surface area contributed by atoms with E-state index in [0.29, 0.717) is 15.9 Å². The van der Waals surface area contributed by atoms with Gasteiger partial charge in [0, 0.05) is 18.9 Å². The Morgan fingerprint density at radius 2 is 2.29 bits per heavy atom. The van der Waals surface area contributed by atoms with Crippen LogP contribution in [0.15, 0.2) is 35.3 Å². The third kappa shape index (κ3) is 2.91. The van der Waals surface area contributed by atoms with Gasteiger partial charge in [0.25, 0.3) is 5.91 Å². The van der Waals surface area contributed by atoms with Crippen LogP contribution in [-0.4, -0.2) is 20.7 Å². The summed E-state index contributed by atoms with van der Waals surface area (Å²) in [7, 11) is 0. The lowest BCUT2D eigenvalue weighted by Gasteiger charge is -2.01. The van der Waals surface area contributed by atoms with Gasteiger partial charge in [0.2, 0.25) is 0 Å². The molecule has 5 nitrogen and oxygen atoms in total. The Kier molecular flexibility index (Phi) is 3.53. The van der Waals surface area contributed by atoms with Crippen LogP contribution in [0, 0.1) is 0 Å². The second-order valence-electron chi connectivity index (χ2n) is 3.41. The Labute approximate surface area is 107 Å². The Morgan fingerprint density at radius 3 is 2.88 bits per heavy atom. The number of nitrogens with one attached hydrogen (secondary N) is 1. The molecule has 2 rings (SSSR count). The molecule has 1 N–H and O–H groups in total. The van der Waals surface area contributed by atoms with Crippen molar-refractivity contribution >= 4 is 27.5 Å². The number of carbonyl (C=O) groups is 1. The molecular formula is C11H11BrN4O. The average molecular weight is 295 g/mol. The number of carbonyl (C=O) groups excluding carboxylic acids is 1. The normalized spacial score (nSPS) is 10.2. The van der Waals surface area contributed by atoms with E-state index in [1.54, 1.807) is 29.2 Å². The van der Waals surface area contributed by atoms with Crippen molar-refractivity contribution in [1.29, 1.82) is 0 Å². The van der Waals surface area contributed by atoms with Gasteiger partial charge in [-0.3, -0.25) is 9.48 Å². The molecule has 2 aromatic heterocycles. The van der Waals surface area contributed by atoms with Crippen LogP contribution in [0.1, 0.15) is 17.3 Å². The van der Waals surface area contributed by atoms with Gasteiger partial charge in [-0.1, -0.05) is 0 Å². The van der Waals surface area contributed by atoms with Crippen molar-refractivity contribution in [2.45, 2.75) is 13.5 Å². The fourth-order valence-corrected chi connectivity index (χ4v) is 1.55. The lowest BCUT2D eigenvalue weighted by molar-refractivity contribution is 0.102. The first kappa shape index (κ1) is 11.8. The van der Waals surface area contributed by atoms with Crippen LogP contribution in [0.4, 0.5) is 5.69 Å². The maximum atomic E-state index is 11.8. The molecule has 0 bridgehead atoms. The summed E-state index contributed by atoms with van der Waals surface area (Å²) >= 11 is 3.22. The number of halogens is 1. The SMILES string of the molecule is CCn1cc(NC(=O)c2ccc(Br)nc2)cn1. The van der Waals surface area contributed by atoms with Gasteiger partial charge in [0.1, 0.15) is 4.60 Å². The van der Waals surface area contributed by atoms with Crippen molar-refractivity contribution in [3.8, 4) is 0 Å². The summed E-state index contributed by atoms with van der Waals surface area (Å²) in [6.45, 7) is 2.76. The predicted molar refractivity (Wildman–Crippen MR) is 67.8 cm³/mol. The molecule has 0 spiro atoms. The molecule has 0 aliphatic rings. The Morgan fingerprint density at radius 1 is 1.47 bits per heavy atom. The molecule has 2 aromatic rings. The lowest BCUT2D eigenvalue weighted by atomic mass is 10.2. The molecule has 17 heavy (non-hydrogen) atoms. The standard InChI is InChI=1S/C11H11BrN4O/c1-2-16-7-9(6-14-16)15-11(17)8-3-4-10(12)13-5-8/h3-7H,2H2,1H3,(H,15,17). The molecule has 0 aliphatic carbocycles. The maximum Gasteiger partial charge on any atom is 0.257 e. The van der Waals surface area contributed by atoms with E-state index in [4.69, 9.17) is 0 Å². The van der Waals surface area contributed by atoms with Crippen molar-refractivity contribution < 1.29 is 4.79 Å².